The van der Waals surface area contributed by atoms with E-state index >= 15 is 0 Å². The maximum atomic E-state index is 5.38. The fourth-order valence-electron chi connectivity index (χ4n) is 1.77. The Labute approximate surface area is 107 Å². The molecule has 0 N–H and O–H groups in total. The van der Waals surface area contributed by atoms with Gasteiger partial charge in [-0.15, -0.1) is 0 Å². The van der Waals surface area contributed by atoms with Crippen molar-refractivity contribution in [3.05, 3.63) is 53.6 Å². The van der Waals surface area contributed by atoms with Crippen molar-refractivity contribution in [1.82, 2.24) is 0 Å². The number of aryl methyl sites for hydroxylation is 2. The molecule has 0 aliphatic heterocycles. The predicted octanol–water partition coefficient (Wildman–Crippen LogP) is 4.46. The van der Waals surface area contributed by atoms with Gasteiger partial charge >= 0.3 is 0 Å². The van der Waals surface area contributed by atoms with Crippen molar-refractivity contribution < 1.29 is 4.74 Å². The minimum Gasteiger partial charge on any atom is -0.496 e. The van der Waals surface area contributed by atoms with Gasteiger partial charge in [0.2, 0.25) is 0 Å². The van der Waals surface area contributed by atoms with Crippen molar-refractivity contribution in [2.45, 2.75) is 23.6 Å². The predicted molar refractivity (Wildman–Crippen MR) is 73.0 cm³/mol. The van der Waals surface area contributed by atoms with Gasteiger partial charge in [-0.1, -0.05) is 42.1 Å². The van der Waals surface area contributed by atoms with E-state index in [0.29, 0.717) is 0 Å². The van der Waals surface area contributed by atoms with Gasteiger partial charge in [0.05, 0.1) is 12.0 Å². The summed E-state index contributed by atoms with van der Waals surface area (Å²) in [6.07, 6.45) is 0. The monoisotopic (exact) mass is 244 g/mol. The Hall–Kier alpha value is -1.41. The summed E-state index contributed by atoms with van der Waals surface area (Å²) in [6, 6.07) is 14.5. The second-order valence-corrected chi connectivity index (χ2v) is 5.03. The average molecular weight is 244 g/mol. The molecule has 2 aromatic rings. The van der Waals surface area contributed by atoms with E-state index in [-0.39, 0.29) is 0 Å². The summed E-state index contributed by atoms with van der Waals surface area (Å²) in [7, 11) is 1.71. The Balaban J connectivity index is 2.38. The van der Waals surface area contributed by atoms with Crippen molar-refractivity contribution >= 4 is 11.8 Å². The molecule has 0 aromatic heterocycles. The smallest absolute Gasteiger partial charge is 0.132 e. The quantitative estimate of drug-likeness (QED) is 0.788. The van der Waals surface area contributed by atoms with Gasteiger partial charge in [0.1, 0.15) is 5.75 Å². The molecule has 0 bridgehead atoms. The number of methoxy groups -OCH3 is 1. The zero-order valence-electron chi connectivity index (χ0n) is 10.4. The van der Waals surface area contributed by atoms with Crippen LogP contribution in [0.2, 0.25) is 0 Å². The van der Waals surface area contributed by atoms with Crippen molar-refractivity contribution in [2.24, 2.45) is 0 Å². The highest BCUT2D eigenvalue weighted by molar-refractivity contribution is 7.99. The van der Waals surface area contributed by atoms with Crippen molar-refractivity contribution in [3.63, 3.8) is 0 Å². The van der Waals surface area contributed by atoms with Gasteiger partial charge in [0, 0.05) is 4.90 Å². The lowest BCUT2D eigenvalue weighted by Crippen LogP contribution is -1.88. The zero-order chi connectivity index (χ0) is 12.3. The molecule has 1 nitrogen and oxygen atoms in total. The van der Waals surface area contributed by atoms with E-state index in [2.05, 4.69) is 38.1 Å². The van der Waals surface area contributed by atoms with E-state index in [1.807, 2.05) is 18.2 Å². The van der Waals surface area contributed by atoms with Gasteiger partial charge in [0.15, 0.2) is 0 Å². The molecule has 0 atom stereocenters. The first-order valence-corrected chi connectivity index (χ1v) is 6.41. The van der Waals surface area contributed by atoms with Crippen molar-refractivity contribution in [3.8, 4) is 5.75 Å². The van der Waals surface area contributed by atoms with Crippen LogP contribution in [0.4, 0.5) is 0 Å². The molecule has 0 spiro atoms. The summed E-state index contributed by atoms with van der Waals surface area (Å²) in [5.41, 5.74) is 2.61. The molecule has 0 fully saturated rings. The van der Waals surface area contributed by atoms with Crippen molar-refractivity contribution in [1.29, 1.82) is 0 Å². The lowest BCUT2D eigenvalue weighted by atomic mass is 10.2. The lowest BCUT2D eigenvalue weighted by molar-refractivity contribution is 0.405. The molecule has 2 rings (SSSR count). The highest BCUT2D eigenvalue weighted by Gasteiger charge is 2.08. The number of ether oxygens (including phenoxy) is 1. The fourth-order valence-corrected chi connectivity index (χ4v) is 2.85. The van der Waals surface area contributed by atoms with Crippen LogP contribution in [0.3, 0.4) is 0 Å². The Kier molecular flexibility index (Phi) is 3.75. The topological polar surface area (TPSA) is 9.23 Å². The van der Waals surface area contributed by atoms with Gasteiger partial charge in [-0.25, -0.2) is 0 Å². The third kappa shape index (κ3) is 2.64. The average Bonchev–Trinajstić information content (AvgIpc) is 2.34. The normalized spacial score (nSPS) is 10.3. The van der Waals surface area contributed by atoms with E-state index in [0.717, 1.165) is 10.6 Å². The van der Waals surface area contributed by atoms with Crippen molar-refractivity contribution in [2.75, 3.05) is 7.11 Å². The zero-order valence-corrected chi connectivity index (χ0v) is 11.2. The molecule has 0 saturated carbocycles. The molecule has 17 heavy (non-hydrogen) atoms. The summed E-state index contributed by atoms with van der Waals surface area (Å²) in [5.74, 6) is 0.931. The van der Waals surface area contributed by atoms with Crippen LogP contribution in [0.25, 0.3) is 0 Å². The van der Waals surface area contributed by atoms with Crippen LogP contribution in [-0.2, 0) is 0 Å². The minimum absolute atomic E-state index is 0.931. The summed E-state index contributed by atoms with van der Waals surface area (Å²) in [4.78, 5) is 2.48. The fraction of sp³-hybridized carbons (Fsp3) is 0.200. The van der Waals surface area contributed by atoms with E-state index in [4.69, 9.17) is 4.74 Å². The van der Waals surface area contributed by atoms with Crippen LogP contribution in [0.5, 0.6) is 5.75 Å². The molecule has 0 unspecified atom stereocenters. The van der Waals surface area contributed by atoms with Crippen LogP contribution < -0.4 is 4.74 Å². The minimum atomic E-state index is 0.931. The van der Waals surface area contributed by atoms with Gasteiger partial charge < -0.3 is 4.74 Å². The van der Waals surface area contributed by atoms with Gasteiger partial charge in [-0.05, 0) is 37.1 Å². The highest BCUT2D eigenvalue weighted by atomic mass is 32.2. The summed E-state index contributed by atoms with van der Waals surface area (Å²) in [5, 5.41) is 0. The number of rotatable bonds is 3. The SMILES string of the molecule is COc1ccccc1Sc1c(C)cccc1C. The third-order valence-electron chi connectivity index (χ3n) is 2.69. The molecule has 88 valence electrons. The third-order valence-corrected chi connectivity index (χ3v) is 4.10. The van der Waals surface area contributed by atoms with E-state index in [1.54, 1.807) is 18.9 Å². The van der Waals surface area contributed by atoms with Crippen LogP contribution >= 0.6 is 11.8 Å². The van der Waals surface area contributed by atoms with Gasteiger partial charge in [-0.3, -0.25) is 0 Å². The number of para-hydroxylation sites is 1. The van der Waals surface area contributed by atoms with Crippen LogP contribution in [0.1, 0.15) is 11.1 Å². The van der Waals surface area contributed by atoms with E-state index in [9.17, 15) is 0 Å². The lowest BCUT2D eigenvalue weighted by Gasteiger charge is -2.11. The molecule has 0 aliphatic carbocycles. The molecule has 0 saturated heterocycles. The molecule has 0 radical (unpaired) electrons. The number of benzene rings is 2. The first kappa shape index (κ1) is 12.1. The van der Waals surface area contributed by atoms with E-state index < -0.39 is 0 Å². The largest absolute Gasteiger partial charge is 0.496 e. The second kappa shape index (κ2) is 5.28. The van der Waals surface area contributed by atoms with Crippen LogP contribution in [0.15, 0.2) is 52.3 Å². The maximum Gasteiger partial charge on any atom is 0.132 e. The molecular weight excluding hydrogens is 228 g/mol. The molecule has 2 aromatic carbocycles. The summed E-state index contributed by atoms with van der Waals surface area (Å²) >= 11 is 1.77. The molecule has 2 heteroatoms. The number of hydrogen-bond acceptors (Lipinski definition) is 2. The Morgan fingerprint density at radius 1 is 0.882 bits per heavy atom. The second-order valence-electron chi connectivity index (χ2n) is 3.97. The van der Waals surface area contributed by atoms with Gasteiger partial charge in [0.25, 0.3) is 0 Å². The maximum absolute atomic E-state index is 5.38. The Bertz CT molecular complexity index is 500. The van der Waals surface area contributed by atoms with E-state index in [1.165, 1.54) is 16.0 Å². The van der Waals surface area contributed by atoms with Crippen LogP contribution in [-0.4, -0.2) is 7.11 Å². The Morgan fingerprint density at radius 3 is 2.18 bits per heavy atom. The molecule has 0 heterocycles. The molecule has 0 aliphatic rings. The molecule has 0 amide bonds. The first-order valence-electron chi connectivity index (χ1n) is 5.59. The van der Waals surface area contributed by atoms with Crippen LogP contribution in [0, 0.1) is 13.8 Å². The summed E-state index contributed by atoms with van der Waals surface area (Å²) < 4.78 is 5.38. The standard InChI is InChI=1S/C15H16OS/c1-11-7-6-8-12(2)15(11)17-14-10-5-4-9-13(14)16-3/h4-10H,1-3H3. The Morgan fingerprint density at radius 2 is 1.53 bits per heavy atom. The number of hydrogen-bond donors (Lipinski definition) is 0. The van der Waals surface area contributed by atoms with Gasteiger partial charge in [-0.2, -0.15) is 0 Å². The highest BCUT2D eigenvalue weighted by Crippen LogP contribution is 2.37. The summed E-state index contributed by atoms with van der Waals surface area (Å²) in [6.45, 7) is 4.29. The first-order chi connectivity index (χ1) is 8.22. The molecular formula is C15H16OS.